The molecule has 0 fully saturated rings. The molecule has 0 aliphatic rings. The van der Waals surface area contributed by atoms with Crippen molar-refractivity contribution < 1.29 is 9.21 Å². The van der Waals surface area contributed by atoms with Crippen LogP contribution >= 0.6 is 0 Å². The Kier molecular flexibility index (Phi) is 2.67. The van der Waals surface area contributed by atoms with E-state index in [2.05, 4.69) is 26.8 Å². The van der Waals surface area contributed by atoms with Crippen molar-refractivity contribution in [1.29, 1.82) is 0 Å². The lowest BCUT2D eigenvalue weighted by molar-refractivity contribution is 0.100. The van der Waals surface area contributed by atoms with Gasteiger partial charge in [-0.3, -0.25) is 4.79 Å². The highest BCUT2D eigenvalue weighted by molar-refractivity contribution is 6.02. The Morgan fingerprint density at radius 2 is 2.20 bits per heavy atom. The van der Waals surface area contributed by atoms with E-state index in [-0.39, 0.29) is 0 Å². The third-order valence-electron chi connectivity index (χ3n) is 2.90. The zero-order valence-electron chi connectivity index (χ0n) is 11.0. The van der Waals surface area contributed by atoms with Crippen LogP contribution in [-0.2, 0) is 0 Å². The maximum absolute atomic E-state index is 11.7. The van der Waals surface area contributed by atoms with E-state index in [0.29, 0.717) is 28.6 Å². The maximum Gasteiger partial charge on any atom is 0.281 e. The van der Waals surface area contributed by atoms with Gasteiger partial charge in [-0.2, -0.15) is 5.10 Å². The lowest BCUT2D eigenvalue weighted by Gasteiger charge is -2.02. The normalized spacial score (nSPS) is 10.9. The van der Waals surface area contributed by atoms with Crippen molar-refractivity contribution in [2.24, 2.45) is 4.99 Å². The highest BCUT2D eigenvalue weighted by atomic mass is 16.4. The van der Waals surface area contributed by atoms with E-state index in [0.717, 1.165) is 5.69 Å². The molecule has 0 aliphatic carbocycles. The summed E-state index contributed by atoms with van der Waals surface area (Å²) in [6.45, 7) is 6.86. The molecule has 1 amide bonds. The number of aryl methyl sites for hydroxylation is 2. The molecule has 0 spiro atoms. The van der Waals surface area contributed by atoms with E-state index < -0.39 is 5.91 Å². The fourth-order valence-corrected chi connectivity index (χ4v) is 1.96. The van der Waals surface area contributed by atoms with Crippen LogP contribution in [0.5, 0.6) is 0 Å². The lowest BCUT2D eigenvalue weighted by Crippen LogP contribution is -2.00. The topological polar surface area (TPSA) is 85.7 Å². The molecule has 7 heteroatoms. The van der Waals surface area contributed by atoms with E-state index in [1.807, 2.05) is 13.0 Å². The van der Waals surface area contributed by atoms with Gasteiger partial charge in [0.1, 0.15) is 11.3 Å². The number of rotatable bonds is 2. The Bertz CT molecular complexity index is 831. The van der Waals surface area contributed by atoms with Crippen LogP contribution in [0.1, 0.15) is 21.9 Å². The van der Waals surface area contributed by atoms with E-state index in [9.17, 15) is 4.79 Å². The number of nitrogens with zero attached hydrogens (tertiary/aromatic N) is 5. The van der Waals surface area contributed by atoms with E-state index >= 15 is 0 Å². The molecule has 100 valence electrons. The first-order valence-corrected chi connectivity index (χ1v) is 5.89. The van der Waals surface area contributed by atoms with Crippen molar-refractivity contribution >= 4 is 18.3 Å². The van der Waals surface area contributed by atoms with Crippen LogP contribution in [0.3, 0.4) is 0 Å². The highest BCUT2D eigenvalue weighted by Crippen LogP contribution is 2.22. The lowest BCUT2D eigenvalue weighted by atomic mass is 10.2. The molecule has 3 aromatic heterocycles. The first-order valence-electron chi connectivity index (χ1n) is 5.89. The number of oxazole rings is 1. The molecule has 3 aromatic rings. The van der Waals surface area contributed by atoms with E-state index in [1.54, 1.807) is 17.6 Å². The van der Waals surface area contributed by atoms with Gasteiger partial charge in [0.25, 0.3) is 5.91 Å². The Hall–Kier alpha value is -2.83. The third-order valence-corrected chi connectivity index (χ3v) is 2.90. The quantitative estimate of drug-likeness (QED) is 0.662. The SMILES string of the molecule is C=NC(=O)c1cnn2c(C)cc(-c3cnc(C)o3)nc12. The first-order chi connectivity index (χ1) is 9.60. The van der Waals surface area contributed by atoms with Gasteiger partial charge < -0.3 is 4.42 Å². The Morgan fingerprint density at radius 3 is 2.85 bits per heavy atom. The predicted molar refractivity (Wildman–Crippen MR) is 71.8 cm³/mol. The Labute approximate surface area is 114 Å². The van der Waals surface area contributed by atoms with Crippen LogP contribution < -0.4 is 0 Å². The van der Waals surface area contributed by atoms with Crippen molar-refractivity contribution in [3.63, 3.8) is 0 Å². The zero-order chi connectivity index (χ0) is 14.3. The van der Waals surface area contributed by atoms with Gasteiger partial charge in [0.2, 0.25) is 0 Å². The van der Waals surface area contributed by atoms with Gasteiger partial charge in [-0.15, -0.1) is 0 Å². The predicted octanol–water partition coefficient (Wildman–Crippen LogP) is 1.84. The molecule has 0 aliphatic heterocycles. The van der Waals surface area contributed by atoms with Gasteiger partial charge in [0.05, 0.1) is 12.4 Å². The number of carbonyl (C=O) groups excluding carboxylic acids is 1. The van der Waals surface area contributed by atoms with Gasteiger partial charge in [-0.05, 0) is 19.7 Å². The molecule has 0 bridgehead atoms. The first kappa shape index (κ1) is 12.2. The van der Waals surface area contributed by atoms with Gasteiger partial charge >= 0.3 is 0 Å². The molecule has 0 N–H and O–H groups in total. The third kappa shape index (κ3) is 1.80. The summed E-state index contributed by atoms with van der Waals surface area (Å²) in [5, 5.41) is 4.13. The van der Waals surface area contributed by atoms with Gasteiger partial charge in [-0.1, -0.05) is 0 Å². The van der Waals surface area contributed by atoms with Crippen molar-refractivity contribution in [3.8, 4) is 11.5 Å². The molecule has 0 atom stereocenters. The van der Waals surface area contributed by atoms with Crippen LogP contribution in [0.25, 0.3) is 17.1 Å². The summed E-state index contributed by atoms with van der Waals surface area (Å²) in [5.41, 5.74) is 2.14. The molecule has 0 radical (unpaired) electrons. The Morgan fingerprint density at radius 1 is 1.40 bits per heavy atom. The maximum atomic E-state index is 11.7. The number of hydrogen-bond donors (Lipinski definition) is 0. The average Bonchev–Trinajstić information content (AvgIpc) is 3.04. The smallest absolute Gasteiger partial charge is 0.281 e. The number of carbonyl (C=O) groups is 1. The number of aliphatic imine (C=N–C) groups is 1. The van der Waals surface area contributed by atoms with Crippen LogP contribution in [-0.4, -0.2) is 32.2 Å². The second-order valence-corrected chi connectivity index (χ2v) is 4.28. The molecule has 0 unspecified atom stereocenters. The summed E-state index contributed by atoms with van der Waals surface area (Å²) in [6.07, 6.45) is 3.03. The summed E-state index contributed by atoms with van der Waals surface area (Å²) in [6, 6.07) is 1.82. The summed E-state index contributed by atoms with van der Waals surface area (Å²) in [4.78, 5) is 23.5. The summed E-state index contributed by atoms with van der Waals surface area (Å²) >= 11 is 0. The zero-order valence-corrected chi connectivity index (χ0v) is 11.0. The highest BCUT2D eigenvalue weighted by Gasteiger charge is 2.16. The second kappa shape index (κ2) is 4.37. The van der Waals surface area contributed by atoms with Gasteiger partial charge in [0.15, 0.2) is 17.3 Å². The monoisotopic (exact) mass is 269 g/mol. The number of hydrogen-bond acceptors (Lipinski definition) is 5. The van der Waals surface area contributed by atoms with Crippen LogP contribution in [0.15, 0.2) is 27.9 Å². The minimum absolute atomic E-state index is 0.307. The molecule has 3 heterocycles. The largest absolute Gasteiger partial charge is 0.439 e. The average molecular weight is 269 g/mol. The van der Waals surface area contributed by atoms with Gasteiger partial charge in [0, 0.05) is 12.6 Å². The molecule has 3 rings (SSSR count). The molecule has 0 saturated heterocycles. The number of fused-ring (bicyclic) bond motifs is 1. The van der Waals surface area contributed by atoms with Crippen molar-refractivity contribution in [3.05, 3.63) is 35.6 Å². The van der Waals surface area contributed by atoms with Crippen molar-refractivity contribution in [1.82, 2.24) is 19.6 Å². The van der Waals surface area contributed by atoms with E-state index in [1.165, 1.54) is 6.20 Å². The number of aromatic nitrogens is 4. The molecule has 0 aromatic carbocycles. The van der Waals surface area contributed by atoms with Crippen molar-refractivity contribution in [2.75, 3.05) is 0 Å². The molecular weight excluding hydrogens is 258 g/mol. The van der Waals surface area contributed by atoms with Crippen LogP contribution in [0, 0.1) is 13.8 Å². The molecule has 20 heavy (non-hydrogen) atoms. The second-order valence-electron chi connectivity index (χ2n) is 4.28. The van der Waals surface area contributed by atoms with Crippen LogP contribution in [0.4, 0.5) is 0 Å². The minimum Gasteiger partial charge on any atom is -0.439 e. The van der Waals surface area contributed by atoms with Crippen LogP contribution in [0.2, 0.25) is 0 Å². The molecule has 0 saturated carbocycles. The molecule has 7 nitrogen and oxygen atoms in total. The van der Waals surface area contributed by atoms with Crippen molar-refractivity contribution in [2.45, 2.75) is 13.8 Å². The standard InChI is InChI=1S/C13H11N5O2/c1-7-4-10(11-6-15-8(2)20-11)17-12-9(13(19)14-3)5-16-18(7)12/h4-6H,3H2,1-2H3. The summed E-state index contributed by atoms with van der Waals surface area (Å²) in [5.74, 6) is 0.633. The fourth-order valence-electron chi connectivity index (χ4n) is 1.96. The Balaban J connectivity index is 2.26. The fraction of sp³-hybridized carbons (Fsp3) is 0.154. The number of amides is 1. The summed E-state index contributed by atoms with van der Waals surface area (Å²) in [7, 11) is 0. The minimum atomic E-state index is -0.460. The molecular formula is C13H11N5O2. The van der Waals surface area contributed by atoms with E-state index in [4.69, 9.17) is 4.42 Å². The van der Waals surface area contributed by atoms with Gasteiger partial charge in [-0.25, -0.2) is 19.5 Å². The summed E-state index contributed by atoms with van der Waals surface area (Å²) < 4.78 is 7.03.